The predicted octanol–water partition coefficient (Wildman–Crippen LogP) is 1.83. The SMILES string of the molecule is CC(C)[C@H]1C[C@]2(CCCC2=O)C(=O)N1S(=O)(=O)C(F)(F)F. The third kappa shape index (κ3) is 2.16. The van der Waals surface area contributed by atoms with Crippen molar-refractivity contribution in [2.45, 2.75) is 51.1 Å². The number of Topliss-reactive ketones (excluding diaryl/α,β-unsaturated/α-hetero) is 1. The topological polar surface area (TPSA) is 71.5 Å². The van der Waals surface area contributed by atoms with Crippen LogP contribution in [0.3, 0.4) is 0 Å². The lowest BCUT2D eigenvalue weighted by atomic mass is 9.80. The van der Waals surface area contributed by atoms with Gasteiger partial charge < -0.3 is 0 Å². The molecule has 120 valence electrons. The van der Waals surface area contributed by atoms with Crippen molar-refractivity contribution < 1.29 is 31.2 Å². The standard InChI is InChI=1S/C12H16F3NO4S/c1-7(2)8-6-11(5-3-4-9(11)17)10(18)16(8)21(19,20)12(13,14)15/h7-8H,3-6H2,1-2H3/t8-,11+/m1/s1. The van der Waals surface area contributed by atoms with Crippen LogP contribution in [0.1, 0.15) is 39.5 Å². The number of carbonyl (C=O) groups excluding carboxylic acids is 2. The van der Waals surface area contributed by atoms with Crippen molar-refractivity contribution in [1.29, 1.82) is 0 Å². The summed E-state index contributed by atoms with van der Waals surface area (Å²) < 4.78 is 61.7. The highest BCUT2D eigenvalue weighted by Crippen LogP contribution is 2.50. The lowest BCUT2D eigenvalue weighted by Crippen LogP contribution is -2.49. The maximum Gasteiger partial charge on any atom is 0.516 e. The van der Waals surface area contributed by atoms with Crippen molar-refractivity contribution in [3.63, 3.8) is 0 Å². The Morgan fingerprint density at radius 3 is 2.24 bits per heavy atom. The van der Waals surface area contributed by atoms with Gasteiger partial charge in [-0.3, -0.25) is 9.59 Å². The Hall–Kier alpha value is -1.12. The Kier molecular flexibility index (Phi) is 3.63. The van der Waals surface area contributed by atoms with Crippen LogP contribution < -0.4 is 0 Å². The molecule has 2 rings (SSSR count). The average Bonchev–Trinajstić information content (AvgIpc) is 2.82. The maximum absolute atomic E-state index is 12.8. The Bertz CT molecular complexity index is 584. The van der Waals surface area contributed by atoms with E-state index in [0.717, 1.165) is 0 Å². The maximum atomic E-state index is 12.8. The first-order chi connectivity index (χ1) is 9.45. The molecular formula is C12H16F3NO4S. The van der Waals surface area contributed by atoms with Crippen LogP contribution in [-0.2, 0) is 19.6 Å². The number of amides is 1. The van der Waals surface area contributed by atoms with E-state index in [0.29, 0.717) is 6.42 Å². The highest BCUT2D eigenvalue weighted by Gasteiger charge is 2.65. The first-order valence-corrected chi connectivity index (χ1v) is 8.07. The summed E-state index contributed by atoms with van der Waals surface area (Å²) in [7, 11) is -5.77. The van der Waals surface area contributed by atoms with Gasteiger partial charge in [0.15, 0.2) is 0 Å². The van der Waals surface area contributed by atoms with E-state index in [1.54, 1.807) is 0 Å². The average molecular weight is 327 g/mol. The number of hydrogen-bond acceptors (Lipinski definition) is 4. The van der Waals surface area contributed by atoms with E-state index in [9.17, 15) is 31.2 Å². The Morgan fingerprint density at radius 2 is 1.86 bits per heavy atom. The quantitative estimate of drug-likeness (QED) is 0.726. The van der Waals surface area contributed by atoms with Gasteiger partial charge >= 0.3 is 15.5 Å². The number of carbonyl (C=O) groups is 2. The lowest BCUT2D eigenvalue weighted by Gasteiger charge is -2.27. The first-order valence-electron chi connectivity index (χ1n) is 6.63. The minimum Gasteiger partial charge on any atom is -0.299 e. The number of nitrogens with zero attached hydrogens (tertiary/aromatic N) is 1. The molecule has 1 saturated heterocycles. The molecule has 1 spiro atoms. The van der Waals surface area contributed by atoms with E-state index >= 15 is 0 Å². The van der Waals surface area contributed by atoms with E-state index in [4.69, 9.17) is 0 Å². The molecule has 0 unspecified atom stereocenters. The van der Waals surface area contributed by atoms with Gasteiger partial charge in [-0.1, -0.05) is 13.8 Å². The van der Waals surface area contributed by atoms with Gasteiger partial charge in [-0.05, 0) is 25.2 Å². The van der Waals surface area contributed by atoms with Crippen molar-refractivity contribution in [1.82, 2.24) is 4.31 Å². The zero-order chi connectivity index (χ0) is 16.2. The fourth-order valence-electron chi connectivity index (χ4n) is 3.17. The van der Waals surface area contributed by atoms with Gasteiger partial charge in [-0.2, -0.15) is 21.6 Å². The molecule has 0 aromatic heterocycles. The minimum atomic E-state index is -5.77. The fraction of sp³-hybridized carbons (Fsp3) is 0.833. The summed E-state index contributed by atoms with van der Waals surface area (Å²) in [5.74, 6) is -2.15. The molecule has 1 aliphatic carbocycles. The second kappa shape index (κ2) is 4.69. The van der Waals surface area contributed by atoms with Crippen LogP contribution in [0.5, 0.6) is 0 Å². The van der Waals surface area contributed by atoms with Gasteiger partial charge in [-0.15, -0.1) is 0 Å². The van der Waals surface area contributed by atoms with Crippen molar-refractivity contribution in [3.05, 3.63) is 0 Å². The molecular weight excluding hydrogens is 311 g/mol. The van der Waals surface area contributed by atoms with Crippen molar-refractivity contribution >= 4 is 21.7 Å². The molecule has 21 heavy (non-hydrogen) atoms. The van der Waals surface area contributed by atoms with Crippen LogP contribution in [-0.4, -0.2) is 36.0 Å². The van der Waals surface area contributed by atoms with E-state index in [1.165, 1.54) is 13.8 Å². The van der Waals surface area contributed by atoms with Crippen LogP contribution in [0.2, 0.25) is 0 Å². The molecule has 5 nitrogen and oxygen atoms in total. The van der Waals surface area contributed by atoms with Gasteiger partial charge in [0.2, 0.25) is 5.91 Å². The van der Waals surface area contributed by atoms with E-state index in [1.807, 2.05) is 0 Å². The summed E-state index contributed by atoms with van der Waals surface area (Å²) in [4.78, 5) is 24.3. The monoisotopic (exact) mass is 327 g/mol. The smallest absolute Gasteiger partial charge is 0.299 e. The summed E-state index contributed by atoms with van der Waals surface area (Å²) in [6.07, 6.45) is 0.473. The van der Waals surface area contributed by atoms with Gasteiger partial charge in [0.05, 0.1) is 6.04 Å². The highest BCUT2D eigenvalue weighted by molar-refractivity contribution is 7.90. The summed E-state index contributed by atoms with van der Waals surface area (Å²) in [5.41, 5.74) is -7.13. The number of halogens is 3. The van der Waals surface area contributed by atoms with Crippen molar-refractivity contribution in [3.8, 4) is 0 Å². The lowest BCUT2D eigenvalue weighted by molar-refractivity contribution is -0.140. The molecule has 0 bridgehead atoms. The summed E-state index contributed by atoms with van der Waals surface area (Å²) in [5, 5.41) is 0. The van der Waals surface area contributed by atoms with Gasteiger partial charge in [-0.25, -0.2) is 4.31 Å². The molecule has 0 radical (unpaired) electrons. The first kappa shape index (κ1) is 16.3. The highest BCUT2D eigenvalue weighted by atomic mass is 32.2. The zero-order valence-electron chi connectivity index (χ0n) is 11.6. The molecule has 1 saturated carbocycles. The van der Waals surface area contributed by atoms with Crippen LogP contribution in [0.4, 0.5) is 13.2 Å². The molecule has 0 aromatic carbocycles. The Morgan fingerprint density at radius 1 is 1.29 bits per heavy atom. The number of sulfonamides is 1. The number of alkyl halides is 3. The summed E-state index contributed by atoms with van der Waals surface area (Å²) in [6, 6.07) is -1.13. The molecule has 2 aliphatic rings. The number of rotatable bonds is 2. The van der Waals surface area contributed by atoms with Crippen LogP contribution >= 0.6 is 0 Å². The molecule has 0 N–H and O–H groups in total. The molecule has 1 aliphatic heterocycles. The molecule has 9 heteroatoms. The minimum absolute atomic E-state index is 0.0825. The second-order valence-corrected chi connectivity index (χ2v) is 7.73. The molecule has 1 amide bonds. The van der Waals surface area contributed by atoms with Crippen LogP contribution in [0.25, 0.3) is 0 Å². The predicted molar refractivity (Wildman–Crippen MR) is 66.4 cm³/mol. The fourth-order valence-corrected chi connectivity index (χ4v) is 4.46. The van der Waals surface area contributed by atoms with E-state index < -0.39 is 44.6 Å². The molecule has 2 fully saturated rings. The largest absolute Gasteiger partial charge is 0.516 e. The van der Waals surface area contributed by atoms with Crippen LogP contribution in [0, 0.1) is 11.3 Å². The van der Waals surface area contributed by atoms with Crippen molar-refractivity contribution in [2.24, 2.45) is 11.3 Å². The third-order valence-corrected chi connectivity index (χ3v) is 5.87. The Balaban J connectivity index is 2.54. The molecule has 0 aromatic rings. The normalized spacial score (nSPS) is 31.0. The summed E-state index contributed by atoms with van der Waals surface area (Å²) in [6.45, 7) is 3.07. The van der Waals surface area contributed by atoms with Gasteiger partial charge in [0.1, 0.15) is 11.2 Å². The van der Waals surface area contributed by atoms with E-state index in [2.05, 4.69) is 0 Å². The second-order valence-electron chi connectivity index (χ2n) is 5.93. The van der Waals surface area contributed by atoms with Gasteiger partial charge in [0, 0.05) is 6.42 Å². The molecule has 2 atom stereocenters. The Labute approximate surface area is 120 Å². The summed E-state index contributed by atoms with van der Waals surface area (Å²) >= 11 is 0. The van der Waals surface area contributed by atoms with E-state index in [-0.39, 0.29) is 23.6 Å². The number of ketones is 1. The third-order valence-electron chi connectivity index (χ3n) is 4.33. The van der Waals surface area contributed by atoms with Gasteiger partial charge in [0.25, 0.3) is 0 Å². The zero-order valence-corrected chi connectivity index (χ0v) is 12.4. The van der Waals surface area contributed by atoms with Crippen molar-refractivity contribution in [2.75, 3.05) is 0 Å². The van der Waals surface area contributed by atoms with Crippen LogP contribution in [0.15, 0.2) is 0 Å². The molecule has 1 heterocycles. The number of hydrogen-bond donors (Lipinski definition) is 0.